The predicted octanol–water partition coefficient (Wildman–Crippen LogP) is 5.54. The van der Waals surface area contributed by atoms with Crippen molar-refractivity contribution in [3.63, 3.8) is 0 Å². The van der Waals surface area contributed by atoms with E-state index in [0.717, 1.165) is 67.4 Å². The Morgan fingerprint density at radius 3 is 2.75 bits per heavy atom. The summed E-state index contributed by atoms with van der Waals surface area (Å²) in [4.78, 5) is 22.0. The average Bonchev–Trinajstić information content (AvgIpc) is 3.61. The van der Waals surface area contributed by atoms with E-state index in [1.165, 1.54) is 4.88 Å². The second kappa shape index (κ2) is 9.18. The number of nitrogens with one attached hydrogen (secondary N) is 2. The zero-order chi connectivity index (χ0) is 24.6. The Balaban J connectivity index is 1.37. The molecule has 0 aliphatic heterocycles. The lowest BCUT2D eigenvalue weighted by atomic mass is 10.1. The summed E-state index contributed by atoms with van der Waals surface area (Å²) < 4.78 is 5.87. The highest BCUT2D eigenvalue weighted by Crippen LogP contribution is 2.35. The smallest absolute Gasteiger partial charge is 0.138 e. The fraction of sp³-hybridized carbons (Fsp3) is 0.185. The van der Waals surface area contributed by atoms with Crippen LogP contribution < -0.4 is 4.74 Å². The molecule has 9 heteroatoms. The summed E-state index contributed by atoms with van der Waals surface area (Å²) in [6, 6.07) is 14.3. The van der Waals surface area contributed by atoms with Crippen LogP contribution in [0.15, 0.2) is 61.1 Å². The number of hydrogen-bond acceptors (Lipinski definition) is 7. The Labute approximate surface area is 212 Å². The summed E-state index contributed by atoms with van der Waals surface area (Å²) in [6.07, 6.45) is 5.37. The summed E-state index contributed by atoms with van der Waals surface area (Å²) in [7, 11) is 4.04. The number of likely N-dealkylation sites (N-methyl/N-ethyl adjacent to an activating group) is 1. The lowest BCUT2D eigenvalue weighted by Crippen LogP contribution is -2.19. The van der Waals surface area contributed by atoms with E-state index >= 15 is 0 Å². The van der Waals surface area contributed by atoms with E-state index in [1.807, 2.05) is 44.6 Å². The number of fused-ring (bicyclic) bond motifs is 2. The Morgan fingerprint density at radius 1 is 1.00 bits per heavy atom. The van der Waals surface area contributed by atoms with Gasteiger partial charge in [0.2, 0.25) is 0 Å². The molecular formula is C27H25N7OS. The third-order valence-electron chi connectivity index (χ3n) is 6.00. The normalized spacial score (nSPS) is 11.7. The molecule has 6 heterocycles. The van der Waals surface area contributed by atoms with Crippen LogP contribution in [-0.2, 0) is 0 Å². The molecule has 0 amide bonds. The number of aryl methyl sites for hydroxylation is 1. The molecule has 6 aromatic rings. The molecule has 6 aromatic heterocycles. The number of thiophene rings is 1. The average molecular weight is 496 g/mol. The lowest BCUT2D eigenvalue weighted by Gasteiger charge is -2.11. The van der Waals surface area contributed by atoms with E-state index in [9.17, 15) is 0 Å². The summed E-state index contributed by atoms with van der Waals surface area (Å²) in [5.74, 6) is 0.725. The van der Waals surface area contributed by atoms with Crippen molar-refractivity contribution in [2.24, 2.45) is 0 Å². The third kappa shape index (κ3) is 4.23. The van der Waals surface area contributed by atoms with Gasteiger partial charge < -0.3 is 14.6 Å². The molecule has 180 valence electrons. The minimum atomic E-state index is 0.596. The number of nitrogens with zero attached hydrogens (tertiary/aromatic N) is 5. The fourth-order valence-corrected chi connectivity index (χ4v) is 5.05. The van der Waals surface area contributed by atoms with E-state index in [4.69, 9.17) is 9.72 Å². The van der Waals surface area contributed by atoms with Gasteiger partial charge in [-0.15, -0.1) is 11.3 Å². The second-order valence-corrected chi connectivity index (χ2v) is 10.2. The van der Waals surface area contributed by atoms with Crippen molar-refractivity contribution < 1.29 is 4.74 Å². The van der Waals surface area contributed by atoms with Crippen molar-refractivity contribution in [1.82, 2.24) is 35.0 Å². The van der Waals surface area contributed by atoms with Gasteiger partial charge in [-0.1, -0.05) is 0 Å². The molecule has 2 N–H and O–H groups in total. The van der Waals surface area contributed by atoms with Crippen molar-refractivity contribution in [3.05, 3.63) is 65.9 Å². The van der Waals surface area contributed by atoms with Gasteiger partial charge in [-0.2, -0.15) is 5.10 Å². The van der Waals surface area contributed by atoms with Crippen molar-refractivity contribution in [1.29, 1.82) is 0 Å². The lowest BCUT2D eigenvalue weighted by molar-refractivity contribution is 0.261. The molecule has 0 unspecified atom stereocenters. The molecule has 0 radical (unpaired) electrons. The van der Waals surface area contributed by atoms with Crippen molar-refractivity contribution in [2.75, 3.05) is 27.2 Å². The molecule has 0 bridgehead atoms. The van der Waals surface area contributed by atoms with Crippen LogP contribution in [-0.4, -0.2) is 62.3 Å². The number of H-pyrrole nitrogens is 2. The van der Waals surface area contributed by atoms with Crippen LogP contribution in [0.1, 0.15) is 4.88 Å². The Morgan fingerprint density at radius 2 is 1.92 bits per heavy atom. The van der Waals surface area contributed by atoms with Crippen LogP contribution in [0.5, 0.6) is 5.75 Å². The summed E-state index contributed by atoms with van der Waals surface area (Å²) in [6.45, 7) is 3.54. The van der Waals surface area contributed by atoms with Crippen molar-refractivity contribution in [2.45, 2.75) is 6.92 Å². The summed E-state index contributed by atoms with van der Waals surface area (Å²) in [5, 5.41) is 8.78. The van der Waals surface area contributed by atoms with Gasteiger partial charge in [-0.25, -0.2) is 4.98 Å². The van der Waals surface area contributed by atoms with E-state index in [0.29, 0.717) is 6.61 Å². The number of aromatic amines is 2. The van der Waals surface area contributed by atoms with Gasteiger partial charge in [-0.3, -0.25) is 15.1 Å². The fourth-order valence-electron chi connectivity index (χ4n) is 4.17. The number of pyridine rings is 3. The maximum atomic E-state index is 5.87. The van der Waals surface area contributed by atoms with Gasteiger partial charge in [0, 0.05) is 40.3 Å². The first-order valence-corrected chi connectivity index (χ1v) is 12.5. The van der Waals surface area contributed by atoms with E-state index in [-0.39, 0.29) is 0 Å². The van der Waals surface area contributed by atoms with Gasteiger partial charge in [0.25, 0.3) is 0 Å². The quantitative estimate of drug-likeness (QED) is 0.302. The largest absolute Gasteiger partial charge is 0.491 e. The monoisotopic (exact) mass is 495 g/mol. The molecular weight excluding hydrogens is 470 g/mol. The molecule has 0 spiro atoms. The molecule has 0 aliphatic rings. The van der Waals surface area contributed by atoms with Gasteiger partial charge in [0.1, 0.15) is 23.6 Å². The van der Waals surface area contributed by atoms with Gasteiger partial charge in [-0.05, 0) is 63.5 Å². The molecule has 0 saturated carbocycles. The minimum Gasteiger partial charge on any atom is -0.491 e. The van der Waals surface area contributed by atoms with Crippen LogP contribution in [0.2, 0.25) is 0 Å². The molecule has 6 rings (SSSR count). The van der Waals surface area contributed by atoms with Crippen LogP contribution in [0.3, 0.4) is 0 Å². The Kier molecular flexibility index (Phi) is 5.71. The predicted molar refractivity (Wildman–Crippen MR) is 144 cm³/mol. The topological polar surface area (TPSA) is 95.6 Å². The van der Waals surface area contributed by atoms with Gasteiger partial charge in [0.15, 0.2) is 0 Å². The standard InChI is InChI=1S/C27H25N7OS/c1-16-4-7-24(36-16)25-19-13-23(30-21(19)8-9-29-25)27-26-22(32-33-27)6-5-20(31-26)17-12-18(15-28-14-17)35-11-10-34(2)3/h4-9,12-15,30H,10-11H2,1-3H3,(H,32,33). The Bertz CT molecular complexity index is 1680. The van der Waals surface area contributed by atoms with Crippen LogP contribution >= 0.6 is 11.3 Å². The SMILES string of the molecule is Cc1ccc(-c2nccc3[nH]c(-c4n[nH]c5ccc(-c6cncc(OCCN(C)C)c6)nc45)cc23)s1. The maximum absolute atomic E-state index is 5.87. The number of ether oxygens (including phenoxy) is 1. The maximum Gasteiger partial charge on any atom is 0.138 e. The van der Waals surface area contributed by atoms with E-state index < -0.39 is 0 Å². The highest BCUT2D eigenvalue weighted by molar-refractivity contribution is 7.15. The third-order valence-corrected chi connectivity index (χ3v) is 7.01. The zero-order valence-corrected chi connectivity index (χ0v) is 21.1. The molecule has 0 aromatic carbocycles. The highest BCUT2D eigenvalue weighted by Gasteiger charge is 2.16. The summed E-state index contributed by atoms with van der Waals surface area (Å²) >= 11 is 1.74. The molecule has 0 aliphatic carbocycles. The molecule has 36 heavy (non-hydrogen) atoms. The first-order valence-electron chi connectivity index (χ1n) is 11.7. The first-order chi connectivity index (χ1) is 17.5. The molecule has 0 atom stereocenters. The summed E-state index contributed by atoms with van der Waals surface area (Å²) in [5.41, 5.74) is 7.00. The van der Waals surface area contributed by atoms with Gasteiger partial charge >= 0.3 is 0 Å². The van der Waals surface area contributed by atoms with Crippen LogP contribution in [0.25, 0.3) is 55.2 Å². The highest BCUT2D eigenvalue weighted by atomic mass is 32.1. The van der Waals surface area contributed by atoms with Crippen LogP contribution in [0.4, 0.5) is 0 Å². The van der Waals surface area contributed by atoms with Crippen molar-refractivity contribution in [3.8, 4) is 39.0 Å². The number of rotatable bonds is 7. The Hall–Kier alpha value is -4.08. The van der Waals surface area contributed by atoms with E-state index in [1.54, 1.807) is 23.7 Å². The van der Waals surface area contributed by atoms with Gasteiger partial charge in [0.05, 0.1) is 33.7 Å². The molecule has 0 saturated heterocycles. The first kappa shape index (κ1) is 22.4. The number of aromatic nitrogens is 6. The van der Waals surface area contributed by atoms with Crippen molar-refractivity contribution >= 4 is 33.3 Å². The zero-order valence-electron chi connectivity index (χ0n) is 20.2. The second-order valence-electron chi connectivity index (χ2n) is 8.94. The number of hydrogen-bond donors (Lipinski definition) is 2. The van der Waals surface area contributed by atoms with E-state index in [2.05, 4.69) is 55.2 Å². The molecule has 8 nitrogen and oxygen atoms in total. The van der Waals surface area contributed by atoms with Crippen LogP contribution in [0, 0.1) is 6.92 Å². The molecule has 0 fully saturated rings. The minimum absolute atomic E-state index is 0.596.